The lowest BCUT2D eigenvalue weighted by molar-refractivity contribution is -0.146. The minimum Gasteiger partial charge on any atom is -0.434 e. The molecule has 2 aromatic rings. The molecule has 0 N–H and O–H groups in total. The quantitative estimate of drug-likeness (QED) is 0.611. The van der Waals surface area contributed by atoms with Crippen LogP contribution in [0, 0.1) is 6.92 Å². The molecule has 0 saturated heterocycles. The summed E-state index contributed by atoms with van der Waals surface area (Å²) in [7, 11) is 0. The molecule has 0 aliphatic carbocycles. The normalized spacial score (nSPS) is 12.3. The summed E-state index contributed by atoms with van der Waals surface area (Å²) < 4.78 is 5.20. The van der Waals surface area contributed by atoms with Crippen LogP contribution in [0.25, 0.3) is 0 Å². The first-order chi connectivity index (χ1) is 9.66. The summed E-state index contributed by atoms with van der Waals surface area (Å²) in [5.41, 5.74) is 2.58. The van der Waals surface area contributed by atoms with Crippen LogP contribution in [0.3, 0.4) is 0 Å². The summed E-state index contributed by atoms with van der Waals surface area (Å²) in [6.07, 6.45) is -0.715. The van der Waals surface area contributed by atoms with Gasteiger partial charge in [-0.15, -0.1) is 5.11 Å². The van der Waals surface area contributed by atoms with E-state index < -0.39 is 6.23 Å². The van der Waals surface area contributed by atoms with Gasteiger partial charge in [0.2, 0.25) is 6.23 Å². The van der Waals surface area contributed by atoms with E-state index in [9.17, 15) is 4.79 Å². The zero-order valence-corrected chi connectivity index (χ0v) is 11.5. The summed E-state index contributed by atoms with van der Waals surface area (Å²) in [4.78, 5) is 11.2. The molecule has 0 aliphatic heterocycles. The average Bonchev–Trinajstić information content (AvgIpc) is 2.45. The number of hydrogen-bond donors (Lipinski definition) is 0. The van der Waals surface area contributed by atoms with Crippen molar-refractivity contribution >= 4 is 11.7 Å². The fourth-order valence-electron chi connectivity index (χ4n) is 1.72. The van der Waals surface area contributed by atoms with E-state index in [-0.39, 0.29) is 5.97 Å². The highest BCUT2D eigenvalue weighted by Crippen LogP contribution is 2.24. The predicted octanol–water partition coefficient (Wildman–Crippen LogP) is 4.34. The second-order valence-corrected chi connectivity index (χ2v) is 4.37. The van der Waals surface area contributed by atoms with Gasteiger partial charge in [0.25, 0.3) is 0 Å². The molecule has 0 bridgehead atoms. The molecule has 20 heavy (non-hydrogen) atoms. The van der Waals surface area contributed by atoms with Crippen molar-refractivity contribution in [3.05, 3.63) is 65.7 Å². The fraction of sp³-hybridized carbons (Fsp3) is 0.188. The Morgan fingerprint density at radius 3 is 2.35 bits per heavy atom. The van der Waals surface area contributed by atoms with Crippen molar-refractivity contribution in [2.24, 2.45) is 10.2 Å². The topological polar surface area (TPSA) is 51.0 Å². The number of benzene rings is 2. The van der Waals surface area contributed by atoms with E-state index in [1.807, 2.05) is 61.5 Å². The average molecular weight is 268 g/mol. The second kappa shape index (κ2) is 6.61. The first-order valence-electron chi connectivity index (χ1n) is 6.35. The number of ether oxygens (including phenoxy) is 1. The Balaban J connectivity index is 2.25. The van der Waals surface area contributed by atoms with Crippen LogP contribution < -0.4 is 0 Å². The Bertz CT molecular complexity index is 609. The van der Waals surface area contributed by atoms with Crippen LogP contribution in [0.2, 0.25) is 0 Å². The van der Waals surface area contributed by atoms with Gasteiger partial charge in [0.1, 0.15) is 0 Å². The van der Waals surface area contributed by atoms with E-state index in [4.69, 9.17) is 4.74 Å². The number of rotatable bonds is 4. The molecule has 0 aliphatic rings. The van der Waals surface area contributed by atoms with Gasteiger partial charge in [0.15, 0.2) is 0 Å². The van der Waals surface area contributed by atoms with Crippen LogP contribution in [0.5, 0.6) is 0 Å². The molecular formula is C16H16N2O2. The number of aryl methyl sites for hydroxylation is 1. The highest BCUT2D eigenvalue weighted by Gasteiger charge is 2.13. The van der Waals surface area contributed by atoms with E-state index in [2.05, 4.69) is 10.2 Å². The third kappa shape index (κ3) is 3.75. The number of carbonyl (C=O) groups excluding carboxylic acids is 1. The van der Waals surface area contributed by atoms with Crippen LogP contribution >= 0.6 is 0 Å². The number of hydrogen-bond acceptors (Lipinski definition) is 4. The summed E-state index contributed by atoms with van der Waals surface area (Å²) in [6.45, 7) is 3.32. The van der Waals surface area contributed by atoms with Gasteiger partial charge in [0.05, 0.1) is 5.69 Å². The van der Waals surface area contributed by atoms with Crippen molar-refractivity contribution in [1.29, 1.82) is 0 Å². The molecule has 0 saturated carbocycles. The van der Waals surface area contributed by atoms with Crippen LogP contribution in [0.15, 0.2) is 64.8 Å². The molecular weight excluding hydrogens is 252 g/mol. The van der Waals surface area contributed by atoms with Gasteiger partial charge in [-0.25, -0.2) is 0 Å². The largest absolute Gasteiger partial charge is 0.434 e. The molecule has 0 spiro atoms. The first kappa shape index (κ1) is 13.9. The minimum absolute atomic E-state index is 0.386. The first-order valence-corrected chi connectivity index (χ1v) is 6.35. The number of nitrogens with zero attached hydrogens (tertiary/aromatic N) is 2. The van der Waals surface area contributed by atoms with Gasteiger partial charge in [-0.1, -0.05) is 48.5 Å². The molecule has 1 atom stereocenters. The third-order valence-electron chi connectivity index (χ3n) is 2.75. The zero-order valence-electron chi connectivity index (χ0n) is 11.5. The van der Waals surface area contributed by atoms with Crippen molar-refractivity contribution in [3.63, 3.8) is 0 Å². The van der Waals surface area contributed by atoms with Crippen molar-refractivity contribution in [1.82, 2.24) is 0 Å². The third-order valence-corrected chi connectivity index (χ3v) is 2.75. The van der Waals surface area contributed by atoms with Gasteiger partial charge >= 0.3 is 5.97 Å². The number of carbonyl (C=O) groups is 1. The van der Waals surface area contributed by atoms with Gasteiger partial charge in [-0.3, -0.25) is 4.79 Å². The Hall–Kier alpha value is -2.49. The Morgan fingerprint density at radius 2 is 1.70 bits per heavy atom. The van der Waals surface area contributed by atoms with Gasteiger partial charge in [-0.05, 0) is 18.6 Å². The number of esters is 1. The molecule has 4 heteroatoms. The van der Waals surface area contributed by atoms with Gasteiger partial charge < -0.3 is 4.74 Å². The summed E-state index contributed by atoms with van der Waals surface area (Å²) in [5.74, 6) is -0.386. The van der Waals surface area contributed by atoms with Crippen molar-refractivity contribution in [2.75, 3.05) is 0 Å². The van der Waals surface area contributed by atoms with Crippen LogP contribution in [0.1, 0.15) is 24.3 Å². The second-order valence-electron chi connectivity index (χ2n) is 4.37. The van der Waals surface area contributed by atoms with Crippen LogP contribution in [-0.4, -0.2) is 5.97 Å². The van der Waals surface area contributed by atoms with E-state index in [0.29, 0.717) is 0 Å². The van der Waals surface area contributed by atoms with E-state index in [1.54, 1.807) is 0 Å². The predicted molar refractivity (Wildman–Crippen MR) is 76.6 cm³/mol. The standard InChI is InChI=1S/C16H16N2O2/c1-12-8-6-7-11-15(12)17-18-16(20-13(2)19)14-9-4-3-5-10-14/h3-11,16H,1-2H3. The molecule has 0 heterocycles. The van der Waals surface area contributed by atoms with E-state index in [1.165, 1.54) is 6.92 Å². The molecule has 2 aromatic carbocycles. The lowest BCUT2D eigenvalue weighted by atomic mass is 10.2. The lowest BCUT2D eigenvalue weighted by Crippen LogP contribution is -2.05. The minimum atomic E-state index is -0.715. The maximum Gasteiger partial charge on any atom is 0.304 e. The van der Waals surface area contributed by atoms with Gasteiger partial charge in [0, 0.05) is 12.5 Å². The Kier molecular flexibility index (Phi) is 4.60. The fourth-order valence-corrected chi connectivity index (χ4v) is 1.72. The van der Waals surface area contributed by atoms with E-state index in [0.717, 1.165) is 16.8 Å². The molecule has 102 valence electrons. The van der Waals surface area contributed by atoms with Crippen molar-refractivity contribution < 1.29 is 9.53 Å². The zero-order chi connectivity index (χ0) is 14.4. The van der Waals surface area contributed by atoms with Crippen molar-refractivity contribution in [2.45, 2.75) is 20.1 Å². The monoisotopic (exact) mass is 268 g/mol. The molecule has 4 nitrogen and oxygen atoms in total. The Labute approximate surface area is 118 Å². The molecule has 0 aromatic heterocycles. The SMILES string of the molecule is CC(=O)OC(N=Nc1ccccc1C)c1ccccc1. The molecule has 0 amide bonds. The van der Waals surface area contributed by atoms with E-state index >= 15 is 0 Å². The smallest absolute Gasteiger partial charge is 0.304 e. The summed E-state index contributed by atoms with van der Waals surface area (Å²) >= 11 is 0. The lowest BCUT2D eigenvalue weighted by Gasteiger charge is -2.11. The Morgan fingerprint density at radius 1 is 1.05 bits per heavy atom. The highest BCUT2D eigenvalue weighted by molar-refractivity contribution is 5.66. The van der Waals surface area contributed by atoms with Crippen LogP contribution in [0.4, 0.5) is 5.69 Å². The highest BCUT2D eigenvalue weighted by atomic mass is 16.6. The molecule has 0 radical (unpaired) electrons. The molecule has 2 rings (SSSR count). The molecule has 0 fully saturated rings. The van der Waals surface area contributed by atoms with Gasteiger partial charge in [-0.2, -0.15) is 5.11 Å². The molecule has 1 unspecified atom stereocenters. The maximum absolute atomic E-state index is 11.2. The summed E-state index contributed by atoms with van der Waals surface area (Å²) in [5, 5.41) is 8.33. The summed E-state index contributed by atoms with van der Waals surface area (Å²) in [6, 6.07) is 17.0. The maximum atomic E-state index is 11.2. The van der Waals surface area contributed by atoms with Crippen molar-refractivity contribution in [3.8, 4) is 0 Å². The number of azo groups is 1. The van der Waals surface area contributed by atoms with Crippen LogP contribution in [-0.2, 0) is 9.53 Å².